The minimum absolute atomic E-state index is 0.238. The Hall–Kier alpha value is -1.98. The molecule has 1 aromatic carbocycles. The summed E-state index contributed by atoms with van der Waals surface area (Å²) in [5.74, 6) is -2.67. The van der Waals surface area contributed by atoms with Crippen molar-refractivity contribution in [3.8, 4) is 0 Å². The number of imide groups is 1. The highest BCUT2D eigenvalue weighted by Gasteiger charge is 2.38. The number of benzene rings is 1. The number of halogens is 2. The summed E-state index contributed by atoms with van der Waals surface area (Å²) >= 11 is 0. The molecule has 1 aliphatic heterocycles. The number of nitrogens with zero attached hydrogens (tertiary/aromatic N) is 1. The van der Waals surface area contributed by atoms with Crippen molar-refractivity contribution < 1.29 is 18.4 Å². The van der Waals surface area contributed by atoms with E-state index in [0.717, 1.165) is 12.1 Å². The molecule has 18 heavy (non-hydrogen) atoms. The molecule has 4 nitrogen and oxygen atoms in total. The molecule has 1 saturated heterocycles. The van der Waals surface area contributed by atoms with Crippen LogP contribution in [0.3, 0.4) is 0 Å². The topological polar surface area (TPSA) is 49.4 Å². The fourth-order valence-corrected chi connectivity index (χ4v) is 1.79. The van der Waals surface area contributed by atoms with Crippen molar-refractivity contribution >= 4 is 17.6 Å². The SMILES string of the molecule is CC1NC(=O)N(c2ccc(F)cc2F)C(=O)C1C. The Morgan fingerprint density at radius 3 is 2.50 bits per heavy atom. The molecule has 0 aromatic heterocycles. The van der Waals surface area contributed by atoms with E-state index in [1.807, 2.05) is 0 Å². The molecule has 1 aliphatic rings. The largest absolute Gasteiger partial charge is 0.334 e. The van der Waals surface area contributed by atoms with E-state index in [9.17, 15) is 18.4 Å². The van der Waals surface area contributed by atoms with Crippen molar-refractivity contribution in [1.82, 2.24) is 5.32 Å². The number of hydrogen-bond acceptors (Lipinski definition) is 2. The van der Waals surface area contributed by atoms with Gasteiger partial charge in [0.15, 0.2) is 0 Å². The third kappa shape index (κ3) is 1.94. The van der Waals surface area contributed by atoms with Gasteiger partial charge in [-0.3, -0.25) is 4.79 Å². The van der Waals surface area contributed by atoms with E-state index in [2.05, 4.69) is 5.32 Å². The Kier molecular flexibility index (Phi) is 3.02. The van der Waals surface area contributed by atoms with Crippen molar-refractivity contribution in [1.29, 1.82) is 0 Å². The predicted octanol–water partition coefficient (Wildman–Crippen LogP) is 2.05. The molecule has 96 valence electrons. The van der Waals surface area contributed by atoms with Crippen LogP contribution in [0.25, 0.3) is 0 Å². The number of rotatable bonds is 1. The quantitative estimate of drug-likeness (QED) is 0.833. The zero-order chi connectivity index (χ0) is 13.4. The highest BCUT2D eigenvalue weighted by atomic mass is 19.1. The van der Waals surface area contributed by atoms with Gasteiger partial charge >= 0.3 is 6.03 Å². The molecule has 3 amide bonds. The number of carbonyl (C=O) groups excluding carboxylic acids is 2. The van der Waals surface area contributed by atoms with Crippen LogP contribution in [0.2, 0.25) is 0 Å². The van der Waals surface area contributed by atoms with Crippen molar-refractivity contribution in [2.45, 2.75) is 19.9 Å². The van der Waals surface area contributed by atoms with Crippen LogP contribution in [0.5, 0.6) is 0 Å². The van der Waals surface area contributed by atoms with Crippen molar-refractivity contribution in [2.75, 3.05) is 4.90 Å². The maximum Gasteiger partial charge on any atom is 0.329 e. The van der Waals surface area contributed by atoms with E-state index in [1.165, 1.54) is 0 Å². The summed E-state index contributed by atoms with van der Waals surface area (Å²) in [5.41, 5.74) is -0.238. The minimum Gasteiger partial charge on any atom is -0.334 e. The monoisotopic (exact) mass is 254 g/mol. The van der Waals surface area contributed by atoms with Gasteiger partial charge in [-0.15, -0.1) is 0 Å². The van der Waals surface area contributed by atoms with Crippen molar-refractivity contribution in [3.63, 3.8) is 0 Å². The molecule has 0 aliphatic carbocycles. The molecular weight excluding hydrogens is 242 g/mol. The first-order chi connectivity index (χ1) is 8.41. The van der Waals surface area contributed by atoms with Gasteiger partial charge in [0.25, 0.3) is 0 Å². The summed E-state index contributed by atoms with van der Waals surface area (Å²) in [6.45, 7) is 3.33. The first-order valence-corrected chi connectivity index (χ1v) is 5.51. The Labute approximate surface area is 103 Å². The highest BCUT2D eigenvalue weighted by Crippen LogP contribution is 2.25. The van der Waals surface area contributed by atoms with Gasteiger partial charge in [0.2, 0.25) is 5.91 Å². The molecule has 1 N–H and O–H groups in total. The smallest absolute Gasteiger partial charge is 0.329 e. The Bertz CT molecular complexity index is 519. The van der Waals surface area contributed by atoms with Crippen molar-refractivity contribution in [2.24, 2.45) is 5.92 Å². The van der Waals surface area contributed by atoms with E-state index in [4.69, 9.17) is 0 Å². The van der Waals surface area contributed by atoms with Gasteiger partial charge in [0, 0.05) is 12.1 Å². The van der Waals surface area contributed by atoms with E-state index < -0.39 is 29.5 Å². The summed E-state index contributed by atoms with van der Waals surface area (Å²) in [6.07, 6.45) is 0. The third-order valence-electron chi connectivity index (χ3n) is 3.06. The fraction of sp³-hybridized carbons (Fsp3) is 0.333. The molecule has 0 bridgehead atoms. The summed E-state index contributed by atoms with van der Waals surface area (Å²) in [5, 5.41) is 2.56. The van der Waals surface area contributed by atoms with E-state index >= 15 is 0 Å². The van der Waals surface area contributed by atoms with Crippen LogP contribution in [0.1, 0.15) is 13.8 Å². The minimum atomic E-state index is -0.944. The fourth-order valence-electron chi connectivity index (χ4n) is 1.79. The van der Waals surface area contributed by atoms with Crippen LogP contribution in [-0.4, -0.2) is 18.0 Å². The lowest BCUT2D eigenvalue weighted by Gasteiger charge is -2.34. The summed E-state index contributed by atoms with van der Waals surface area (Å²) in [4.78, 5) is 24.4. The molecule has 2 unspecified atom stereocenters. The molecule has 0 spiro atoms. The Morgan fingerprint density at radius 2 is 1.89 bits per heavy atom. The summed E-state index contributed by atoms with van der Waals surface area (Å²) in [7, 11) is 0. The first kappa shape index (κ1) is 12.5. The number of amides is 3. The van der Waals surface area contributed by atoms with Gasteiger partial charge in [-0.1, -0.05) is 6.92 Å². The standard InChI is InChI=1S/C12H12F2N2O2/c1-6-7(2)15-12(18)16(11(6)17)10-4-3-8(13)5-9(10)14/h3-7H,1-2H3,(H,15,18). The van der Waals surface area contributed by atoms with Crippen LogP contribution in [0, 0.1) is 17.6 Å². The van der Waals surface area contributed by atoms with Gasteiger partial charge in [0.1, 0.15) is 11.6 Å². The number of anilines is 1. The number of urea groups is 1. The zero-order valence-electron chi connectivity index (χ0n) is 9.91. The maximum absolute atomic E-state index is 13.6. The van der Waals surface area contributed by atoms with Crippen molar-refractivity contribution in [3.05, 3.63) is 29.8 Å². The molecular formula is C12H12F2N2O2. The van der Waals surface area contributed by atoms with Crippen LogP contribution >= 0.6 is 0 Å². The van der Waals surface area contributed by atoms with E-state index in [-0.39, 0.29) is 11.7 Å². The number of carbonyl (C=O) groups is 2. The van der Waals surface area contributed by atoms with Crippen LogP contribution in [-0.2, 0) is 4.79 Å². The molecule has 1 heterocycles. The second-order valence-electron chi connectivity index (χ2n) is 4.30. The molecule has 0 saturated carbocycles. The first-order valence-electron chi connectivity index (χ1n) is 5.51. The lowest BCUT2D eigenvalue weighted by atomic mass is 9.99. The Morgan fingerprint density at radius 1 is 1.22 bits per heavy atom. The second-order valence-corrected chi connectivity index (χ2v) is 4.30. The predicted molar refractivity (Wildman–Crippen MR) is 61.0 cm³/mol. The van der Waals surface area contributed by atoms with Gasteiger partial charge in [-0.25, -0.2) is 18.5 Å². The zero-order valence-corrected chi connectivity index (χ0v) is 9.91. The molecule has 6 heteroatoms. The highest BCUT2D eigenvalue weighted by molar-refractivity contribution is 6.16. The summed E-state index contributed by atoms with van der Waals surface area (Å²) < 4.78 is 26.4. The van der Waals surface area contributed by atoms with Gasteiger partial charge in [-0.05, 0) is 19.1 Å². The molecule has 1 fully saturated rings. The van der Waals surface area contributed by atoms with E-state index in [0.29, 0.717) is 11.0 Å². The maximum atomic E-state index is 13.6. The number of hydrogen-bond donors (Lipinski definition) is 1. The average molecular weight is 254 g/mol. The molecule has 1 aromatic rings. The molecule has 2 rings (SSSR count). The van der Waals surface area contributed by atoms with Gasteiger partial charge in [0.05, 0.1) is 11.6 Å². The summed E-state index contributed by atoms with van der Waals surface area (Å²) in [6, 6.07) is 1.70. The molecule has 2 atom stereocenters. The average Bonchev–Trinajstić information content (AvgIpc) is 2.29. The second kappa shape index (κ2) is 4.36. The van der Waals surface area contributed by atoms with Gasteiger partial charge in [-0.2, -0.15) is 0 Å². The lowest BCUT2D eigenvalue weighted by Crippen LogP contribution is -2.58. The normalized spacial score (nSPS) is 24.1. The van der Waals surface area contributed by atoms with Crippen LogP contribution in [0.15, 0.2) is 18.2 Å². The lowest BCUT2D eigenvalue weighted by molar-refractivity contribution is -0.122. The molecule has 0 radical (unpaired) electrons. The van der Waals surface area contributed by atoms with E-state index in [1.54, 1.807) is 13.8 Å². The number of nitrogens with one attached hydrogen (secondary N) is 1. The van der Waals surface area contributed by atoms with Crippen LogP contribution < -0.4 is 10.2 Å². The van der Waals surface area contributed by atoms with Gasteiger partial charge < -0.3 is 5.32 Å². The van der Waals surface area contributed by atoms with Crippen LogP contribution in [0.4, 0.5) is 19.3 Å². The third-order valence-corrected chi connectivity index (χ3v) is 3.06. The Balaban J connectivity index is 2.43.